The van der Waals surface area contributed by atoms with Crippen LogP contribution in [0, 0.1) is 13.8 Å². The number of nitrogens with zero attached hydrogens (tertiary/aromatic N) is 6. The van der Waals surface area contributed by atoms with Gasteiger partial charge < -0.3 is 15.5 Å². The van der Waals surface area contributed by atoms with Crippen LogP contribution in [-0.4, -0.2) is 64.2 Å². The molecule has 0 unspecified atom stereocenters. The highest BCUT2D eigenvalue weighted by atomic mass is 19.4. The van der Waals surface area contributed by atoms with Crippen LogP contribution in [0.25, 0.3) is 27.7 Å². The minimum Gasteiger partial charge on any atom is -0.475 e. The predicted molar refractivity (Wildman–Crippen MR) is 144 cm³/mol. The Morgan fingerprint density at radius 1 is 0.795 bits per heavy atom. The molecule has 0 aliphatic rings. The van der Waals surface area contributed by atoms with Crippen LogP contribution in [0.1, 0.15) is 11.5 Å². The topological polar surface area (TPSA) is 156 Å². The van der Waals surface area contributed by atoms with E-state index in [4.69, 9.17) is 24.8 Å². The lowest BCUT2D eigenvalue weighted by Crippen LogP contribution is -2.21. The molecule has 0 saturated heterocycles. The quantitative estimate of drug-likeness (QED) is 0.207. The fraction of sp³-hybridized carbons (Fsp3) is 0.148. The number of para-hydroxylation sites is 1. The second kappa shape index (κ2) is 13.6. The minimum absolute atomic E-state index is 0.541. The van der Waals surface area contributed by atoms with E-state index in [9.17, 15) is 26.3 Å². The molecule has 3 heterocycles. The number of alkyl halides is 6. The van der Waals surface area contributed by atoms with Crippen molar-refractivity contribution in [2.24, 2.45) is 0 Å². The summed E-state index contributed by atoms with van der Waals surface area (Å²) in [6.45, 7) is 3.84. The average molecular weight is 621 g/mol. The molecule has 0 atom stereocenters. The molecule has 44 heavy (non-hydrogen) atoms. The average Bonchev–Trinajstić information content (AvgIpc) is 3.39. The molecule has 0 fully saturated rings. The molecule has 0 radical (unpaired) electrons. The highest BCUT2D eigenvalue weighted by Crippen LogP contribution is 2.28. The number of carbonyl (C=O) groups is 2. The van der Waals surface area contributed by atoms with Crippen molar-refractivity contribution < 1.29 is 46.1 Å². The first-order chi connectivity index (χ1) is 20.5. The highest BCUT2D eigenvalue weighted by molar-refractivity contribution is 5.93. The van der Waals surface area contributed by atoms with Crippen LogP contribution in [0.2, 0.25) is 0 Å². The van der Waals surface area contributed by atoms with Crippen LogP contribution in [-0.2, 0) is 9.59 Å². The number of carboxylic acid groups (broad SMARTS) is 2. The maximum absolute atomic E-state index is 10.6. The van der Waals surface area contributed by atoms with Gasteiger partial charge >= 0.3 is 24.3 Å². The summed E-state index contributed by atoms with van der Waals surface area (Å²) in [5.41, 5.74) is 5.76. The summed E-state index contributed by atoms with van der Waals surface area (Å²) >= 11 is 0. The standard InChI is InChI=1S/C23H19N7.2C2HF3O2/c1-15-6-7-17(12-24-15)21-5-3-4-18-13-25-23(28-22(18)21)27-19-8-10-20(11-9-19)30-14-26-16(2)29-30;2*3-2(4,5)1(6)7/h3-14H,1-2H3,(H,25,27,28);2*(H,6,7). The van der Waals surface area contributed by atoms with Gasteiger partial charge in [0, 0.05) is 40.3 Å². The van der Waals surface area contributed by atoms with E-state index >= 15 is 0 Å². The van der Waals surface area contributed by atoms with E-state index in [-0.39, 0.29) is 0 Å². The van der Waals surface area contributed by atoms with E-state index < -0.39 is 24.3 Å². The molecule has 0 saturated carbocycles. The van der Waals surface area contributed by atoms with Gasteiger partial charge in [0.15, 0.2) is 0 Å². The Labute approximate surface area is 243 Å². The third-order valence-corrected chi connectivity index (χ3v) is 5.31. The minimum atomic E-state index is -5.08. The Balaban J connectivity index is 0.000000317. The van der Waals surface area contributed by atoms with Crippen molar-refractivity contribution in [3.05, 3.63) is 84.8 Å². The summed E-state index contributed by atoms with van der Waals surface area (Å²) in [5, 5.41) is 22.8. The molecule has 17 heteroatoms. The van der Waals surface area contributed by atoms with Crippen molar-refractivity contribution in [2.75, 3.05) is 5.32 Å². The zero-order valence-electron chi connectivity index (χ0n) is 22.6. The van der Waals surface area contributed by atoms with E-state index in [1.807, 2.05) is 68.7 Å². The van der Waals surface area contributed by atoms with Gasteiger partial charge in [-0.3, -0.25) is 4.98 Å². The molecule has 11 nitrogen and oxygen atoms in total. The molecule has 0 bridgehead atoms. The third kappa shape index (κ3) is 9.20. The lowest BCUT2D eigenvalue weighted by Gasteiger charge is -2.09. The first-order valence-electron chi connectivity index (χ1n) is 12.1. The molecule has 0 aliphatic heterocycles. The Morgan fingerprint density at radius 3 is 1.91 bits per heavy atom. The maximum atomic E-state index is 10.6. The van der Waals surface area contributed by atoms with E-state index in [0.29, 0.717) is 5.95 Å². The summed E-state index contributed by atoms with van der Waals surface area (Å²) in [5.74, 6) is -4.24. The van der Waals surface area contributed by atoms with Gasteiger partial charge in [-0.05, 0) is 44.2 Å². The fourth-order valence-corrected chi connectivity index (χ4v) is 3.27. The predicted octanol–water partition coefficient (Wildman–Crippen LogP) is 5.90. The second-order valence-corrected chi connectivity index (χ2v) is 8.64. The van der Waals surface area contributed by atoms with Gasteiger partial charge in [-0.15, -0.1) is 0 Å². The number of nitrogens with one attached hydrogen (secondary N) is 1. The van der Waals surface area contributed by atoms with E-state index in [1.54, 1.807) is 11.0 Å². The number of pyridine rings is 1. The van der Waals surface area contributed by atoms with Crippen molar-refractivity contribution >= 4 is 34.5 Å². The number of carboxylic acids is 2. The normalized spacial score (nSPS) is 11.1. The number of aliphatic carboxylic acids is 2. The molecule has 3 N–H and O–H groups in total. The number of anilines is 2. The SMILES string of the molecule is Cc1ccc(-c2cccc3cnc(Nc4ccc(-n5cnc(C)n5)cc4)nc23)cn1.O=C(O)C(F)(F)F.O=C(O)C(F)(F)F. The number of fused-ring (bicyclic) bond motifs is 1. The molecule has 2 aromatic carbocycles. The van der Waals surface area contributed by atoms with Gasteiger partial charge in [0.1, 0.15) is 12.2 Å². The molecule has 230 valence electrons. The van der Waals surface area contributed by atoms with Crippen molar-refractivity contribution in [1.29, 1.82) is 0 Å². The first kappa shape index (κ1) is 32.9. The van der Waals surface area contributed by atoms with Crippen molar-refractivity contribution in [1.82, 2.24) is 29.7 Å². The van der Waals surface area contributed by atoms with E-state index in [1.165, 1.54) is 0 Å². The number of aryl methyl sites for hydroxylation is 2. The zero-order valence-corrected chi connectivity index (χ0v) is 22.6. The summed E-state index contributed by atoms with van der Waals surface area (Å²) in [4.78, 5) is 35.6. The molecule has 5 aromatic rings. The van der Waals surface area contributed by atoms with Crippen LogP contribution >= 0.6 is 0 Å². The van der Waals surface area contributed by atoms with Crippen molar-refractivity contribution in [3.63, 3.8) is 0 Å². The molecular weight excluding hydrogens is 600 g/mol. The Kier molecular flexibility index (Phi) is 10.2. The van der Waals surface area contributed by atoms with Gasteiger partial charge in [-0.25, -0.2) is 29.2 Å². The number of rotatable bonds is 4. The first-order valence-corrected chi connectivity index (χ1v) is 12.1. The summed E-state index contributed by atoms with van der Waals surface area (Å²) in [6.07, 6.45) is -4.75. The largest absolute Gasteiger partial charge is 0.490 e. The van der Waals surface area contributed by atoms with E-state index in [0.717, 1.165) is 44.9 Å². The molecule has 3 aromatic heterocycles. The molecule has 0 aliphatic carbocycles. The second-order valence-electron chi connectivity index (χ2n) is 8.64. The molecule has 5 rings (SSSR count). The number of hydrogen-bond donors (Lipinski definition) is 3. The monoisotopic (exact) mass is 621 g/mol. The van der Waals surface area contributed by atoms with Crippen LogP contribution in [0.5, 0.6) is 0 Å². The summed E-state index contributed by atoms with van der Waals surface area (Å²) < 4.78 is 65.2. The molecule has 0 amide bonds. The van der Waals surface area contributed by atoms with Gasteiger partial charge in [-0.1, -0.05) is 24.3 Å². The number of hydrogen-bond acceptors (Lipinski definition) is 8. The van der Waals surface area contributed by atoms with Gasteiger partial charge in [-0.2, -0.15) is 31.4 Å². The number of halogens is 6. The molecule has 0 spiro atoms. The van der Waals surface area contributed by atoms with E-state index in [2.05, 4.69) is 37.5 Å². The highest BCUT2D eigenvalue weighted by Gasteiger charge is 2.38. The maximum Gasteiger partial charge on any atom is 0.490 e. The molecular formula is C27H21F6N7O4. The lowest BCUT2D eigenvalue weighted by atomic mass is 10.0. The smallest absolute Gasteiger partial charge is 0.475 e. The van der Waals surface area contributed by atoms with Crippen LogP contribution in [0.3, 0.4) is 0 Å². The number of benzene rings is 2. The summed E-state index contributed by atoms with van der Waals surface area (Å²) in [7, 11) is 0. The van der Waals surface area contributed by atoms with Crippen LogP contribution in [0.4, 0.5) is 38.0 Å². The third-order valence-electron chi connectivity index (χ3n) is 5.31. The van der Waals surface area contributed by atoms with Gasteiger partial charge in [0.2, 0.25) is 5.95 Å². The van der Waals surface area contributed by atoms with Crippen molar-refractivity contribution in [2.45, 2.75) is 26.2 Å². The zero-order chi connectivity index (χ0) is 32.7. The number of aromatic nitrogens is 6. The Morgan fingerprint density at radius 2 is 1.41 bits per heavy atom. The van der Waals surface area contributed by atoms with Crippen molar-refractivity contribution in [3.8, 4) is 16.8 Å². The van der Waals surface area contributed by atoms with Gasteiger partial charge in [0.05, 0.1) is 11.2 Å². The fourth-order valence-electron chi connectivity index (χ4n) is 3.27. The lowest BCUT2D eigenvalue weighted by molar-refractivity contribution is -0.193. The van der Waals surface area contributed by atoms with Crippen LogP contribution in [0.15, 0.2) is 73.3 Å². The van der Waals surface area contributed by atoms with Crippen LogP contribution < -0.4 is 5.32 Å². The Hall–Kier alpha value is -5.61. The van der Waals surface area contributed by atoms with Gasteiger partial charge in [0.25, 0.3) is 0 Å². The Bertz CT molecular complexity index is 1720. The summed E-state index contributed by atoms with van der Waals surface area (Å²) in [6, 6.07) is 18.0.